The van der Waals surface area contributed by atoms with Gasteiger partial charge < -0.3 is 22.5 Å². The SMILES string of the molecule is Nc1ccn(-c2ccc(CNC3CC(N)CC(N)C3)cc2)c(=O)n1. The molecule has 1 aromatic heterocycles. The summed E-state index contributed by atoms with van der Waals surface area (Å²) in [6.45, 7) is 0.749. The van der Waals surface area contributed by atoms with Crippen LogP contribution in [0.1, 0.15) is 24.8 Å². The molecule has 0 saturated heterocycles. The fraction of sp³-hybridized carbons (Fsp3) is 0.412. The lowest BCUT2D eigenvalue weighted by molar-refractivity contribution is 0.307. The molecule has 0 amide bonds. The number of nitrogen functional groups attached to an aromatic ring is 1. The van der Waals surface area contributed by atoms with Gasteiger partial charge >= 0.3 is 5.69 Å². The number of nitrogens with two attached hydrogens (primary N) is 3. The Balaban J connectivity index is 1.63. The Bertz CT molecular complexity index is 731. The van der Waals surface area contributed by atoms with Crippen molar-refractivity contribution in [3.8, 4) is 5.69 Å². The molecular formula is C17H24N6O. The summed E-state index contributed by atoms with van der Waals surface area (Å²) >= 11 is 0. The van der Waals surface area contributed by atoms with Gasteiger partial charge in [-0.15, -0.1) is 0 Å². The Morgan fingerprint density at radius 1 is 1.08 bits per heavy atom. The molecule has 1 fully saturated rings. The predicted octanol–water partition coefficient (Wildman–Crippen LogP) is 0.111. The van der Waals surface area contributed by atoms with Crippen LogP contribution in [0.3, 0.4) is 0 Å². The summed E-state index contributed by atoms with van der Waals surface area (Å²) in [7, 11) is 0. The first-order chi connectivity index (χ1) is 11.5. The third-order valence-electron chi connectivity index (χ3n) is 4.41. The van der Waals surface area contributed by atoms with Crippen molar-refractivity contribution in [1.82, 2.24) is 14.9 Å². The van der Waals surface area contributed by atoms with Crippen LogP contribution >= 0.6 is 0 Å². The van der Waals surface area contributed by atoms with Crippen molar-refractivity contribution < 1.29 is 0 Å². The smallest absolute Gasteiger partial charge is 0.354 e. The van der Waals surface area contributed by atoms with Crippen molar-refractivity contribution in [1.29, 1.82) is 0 Å². The highest BCUT2D eigenvalue weighted by Crippen LogP contribution is 2.17. The van der Waals surface area contributed by atoms with Gasteiger partial charge in [-0.1, -0.05) is 12.1 Å². The van der Waals surface area contributed by atoms with E-state index in [9.17, 15) is 4.79 Å². The van der Waals surface area contributed by atoms with Crippen LogP contribution in [0.5, 0.6) is 0 Å². The monoisotopic (exact) mass is 328 g/mol. The third kappa shape index (κ3) is 4.00. The molecule has 1 aliphatic carbocycles. The lowest BCUT2D eigenvalue weighted by Gasteiger charge is -2.31. The topological polar surface area (TPSA) is 125 Å². The number of aromatic nitrogens is 2. The molecular weight excluding hydrogens is 304 g/mol. The Morgan fingerprint density at radius 2 is 1.75 bits per heavy atom. The summed E-state index contributed by atoms with van der Waals surface area (Å²) in [4.78, 5) is 15.6. The van der Waals surface area contributed by atoms with Crippen molar-refractivity contribution in [3.63, 3.8) is 0 Å². The second kappa shape index (κ2) is 7.12. The highest BCUT2D eigenvalue weighted by Gasteiger charge is 2.23. The highest BCUT2D eigenvalue weighted by molar-refractivity contribution is 5.36. The number of anilines is 1. The molecule has 7 nitrogen and oxygen atoms in total. The molecule has 128 valence electrons. The second-order valence-corrected chi connectivity index (χ2v) is 6.48. The van der Waals surface area contributed by atoms with Crippen molar-refractivity contribution in [2.75, 3.05) is 5.73 Å². The lowest BCUT2D eigenvalue weighted by atomic mass is 9.88. The van der Waals surface area contributed by atoms with Crippen molar-refractivity contribution in [3.05, 3.63) is 52.6 Å². The standard InChI is InChI=1S/C17H24N6O/c18-12-7-13(19)9-14(8-12)21-10-11-1-3-15(4-2-11)23-6-5-16(20)22-17(23)24/h1-6,12-14,21H,7-10,18-19H2,(H2,20,22,24). The van der Waals surface area contributed by atoms with Crippen molar-refractivity contribution >= 4 is 5.82 Å². The average Bonchev–Trinajstić information content (AvgIpc) is 2.53. The van der Waals surface area contributed by atoms with Crippen LogP contribution in [-0.4, -0.2) is 27.7 Å². The molecule has 1 aliphatic rings. The van der Waals surface area contributed by atoms with Crippen molar-refractivity contribution in [2.24, 2.45) is 11.5 Å². The molecule has 24 heavy (non-hydrogen) atoms. The second-order valence-electron chi connectivity index (χ2n) is 6.48. The van der Waals surface area contributed by atoms with Gasteiger partial charge in [0.1, 0.15) is 5.82 Å². The fourth-order valence-electron chi connectivity index (χ4n) is 3.22. The van der Waals surface area contributed by atoms with Gasteiger partial charge in [-0.3, -0.25) is 4.57 Å². The molecule has 2 aromatic rings. The summed E-state index contributed by atoms with van der Waals surface area (Å²) in [5.41, 5.74) is 19.1. The molecule has 0 radical (unpaired) electrons. The van der Waals surface area contributed by atoms with E-state index in [4.69, 9.17) is 17.2 Å². The summed E-state index contributed by atoms with van der Waals surface area (Å²) in [6.07, 6.45) is 4.44. The van der Waals surface area contributed by atoms with Gasteiger partial charge in [0.05, 0.1) is 5.69 Å². The molecule has 0 bridgehead atoms. The Kier molecular flexibility index (Phi) is 4.94. The van der Waals surface area contributed by atoms with Crippen LogP contribution in [0.2, 0.25) is 0 Å². The summed E-state index contributed by atoms with van der Waals surface area (Å²) in [5.74, 6) is 0.223. The van der Waals surface area contributed by atoms with Crippen LogP contribution in [0.4, 0.5) is 5.82 Å². The molecule has 0 spiro atoms. The van der Waals surface area contributed by atoms with E-state index in [1.807, 2.05) is 24.3 Å². The first kappa shape index (κ1) is 16.6. The van der Waals surface area contributed by atoms with E-state index in [0.29, 0.717) is 6.04 Å². The van der Waals surface area contributed by atoms with E-state index in [-0.39, 0.29) is 23.6 Å². The first-order valence-corrected chi connectivity index (χ1v) is 8.20. The first-order valence-electron chi connectivity index (χ1n) is 8.20. The molecule has 3 rings (SSSR count). The van der Waals surface area contributed by atoms with E-state index >= 15 is 0 Å². The normalized spacial score (nSPS) is 24.0. The van der Waals surface area contributed by atoms with Crippen LogP contribution in [0, 0.1) is 0 Å². The molecule has 0 aliphatic heterocycles. The number of nitrogens with zero attached hydrogens (tertiary/aromatic N) is 2. The fourth-order valence-corrected chi connectivity index (χ4v) is 3.22. The van der Waals surface area contributed by atoms with Gasteiger partial charge in [-0.05, 0) is 43.0 Å². The third-order valence-corrected chi connectivity index (χ3v) is 4.41. The molecule has 1 saturated carbocycles. The number of rotatable bonds is 4. The molecule has 2 atom stereocenters. The average molecular weight is 328 g/mol. The van der Waals surface area contributed by atoms with E-state index in [2.05, 4.69) is 10.3 Å². The van der Waals surface area contributed by atoms with Crippen LogP contribution in [0.25, 0.3) is 5.69 Å². The van der Waals surface area contributed by atoms with Gasteiger partial charge in [-0.25, -0.2) is 4.79 Å². The largest absolute Gasteiger partial charge is 0.383 e. The molecule has 1 heterocycles. The predicted molar refractivity (Wildman–Crippen MR) is 94.7 cm³/mol. The van der Waals surface area contributed by atoms with E-state index < -0.39 is 0 Å². The maximum atomic E-state index is 11.9. The molecule has 2 unspecified atom stereocenters. The van der Waals surface area contributed by atoms with Gasteiger partial charge in [0.15, 0.2) is 0 Å². The number of hydrogen-bond donors (Lipinski definition) is 4. The highest BCUT2D eigenvalue weighted by atomic mass is 16.1. The minimum Gasteiger partial charge on any atom is -0.383 e. The maximum Gasteiger partial charge on any atom is 0.354 e. The Labute approximate surface area is 140 Å². The molecule has 7 N–H and O–H groups in total. The van der Waals surface area contributed by atoms with Crippen LogP contribution in [-0.2, 0) is 6.54 Å². The lowest BCUT2D eigenvalue weighted by Crippen LogP contribution is -2.47. The van der Waals surface area contributed by atoms with Gasteiger partial charge in [0.2, 0.25) is 0 Å². The maximum absolute atomic E-state index is 11.9. The Morgan fingerprint density at radius 3 is 2.38 bits per heavy atom. The van der Waals surface area contributed by atoms with E-state index in [1.165, 1.54) is 4.57 Å². The molecule has 7 heteroatoms. The van der Waals surface area contributed by atoms with Gasteiger partial charge in [-0.2, -0.15) is 4.98 Å². The van der Waals surface area contributed by atoms with Gasteiger partial charge in [0.25, 0.3) is 0 Å². The van der Waals surface area contributed by atoms with E-state index in [0.717, 1.165) is 37.1 Å². The Hall–Kier alpha value is -2.22. The molecule has 1 aromatic carbocycles. The number of nitrogens with one attached hydrogen (secondary N) is 1. The quantitative estimate of drug-likeness (QED) is 0.631. The van der Waals surface area contributed by atoms with E-state index in [1.54, 1.807) is 12.3 Å². The minimum absolute atomic E-state index is 0.179. The van der Waals surface area contributed by atoms with Crippen LogP contribution < -0.4 is 28.2 Å². The number of hydrogen-bond acceptors (Lipinski definition) is 6. The zero-order chi connectivity index (χ0) is 17.1. The van der Waals surface area contributed by atoms with Crippen LogP contribution in [0.15, 0.2) is 41.3 Å². The van der Waals surface area contributed by atoms with Gasteiger partial charge in [0, 0.05) is 30.9 Å². The zero-order valence-corrected chi connectivity index (χ0v) is 13.6. The van der Waals surface area contributed by atoms with Crippen molar-refractivity contribution in [2.45, 2.75) is 43.9 Å². The zero-order valence-electron chi connectivity index (χ0n) is 13.6. The number of benzene rings is 1. The minimum atomic E-state index is -0.383. The summed E-state index contributed by atoms with van der Waals surface area (Å²) in [6, 6.07) is 10.1. The summed E-state index contributed by atoms with van der Waals surface area (Å²) in [5, 5.41) is 3.52. The summed E-state index contributed by atoms with van der Waals surface area (Å²) < 4.78 is 1.47.